The van der Waals surface area contributed by atoms with Crippen LogP contribution < -0.4 is 5.32 Å². The summed E-state index contributed by atoms with van der Waals surface area (Å²) in [6.07, 6.45) is 0.210. The van der Waals surface area contributed by atoms with Gasteiger partial charge in [0.25, 0.3) is 0 Å². The number of amides is 1. The molecule has 1 N–H and O–H groups in total. The van der Waals surface area contributed by atoms with Crippen LogP contribution in [0.25, 0.3) is 0 Å². The minimum atomic E-state index is -0.428. The Bertz CT molecular complexity index is 566. The zero-order valence-corrected chi connectivity index (χ0v) is 11.5. The first-order valence-electron chi connectivity index (χ1n) is 5.87. The minimum absolute atomic E-state index is 0.116. The van der Waals surface area contributed by atoms with Crippen LogP contribution in [0.2, 0.25) is 5.02 Å². The predicted molar refractivity (Wildman–Crippen MR) is 71.7 cm³/mol. The second-order valence-electron chi connectivity index (χ2n) is 4.39. The molecule has 0 aliphatic carbocycles. The van der Waals surface area contributed by atoms with Gasteiger partial charge in [-0.15, -0.1) is 0 Å². The van der Waals surface area contributed by atoms with Crippen LogP contribution in [0.4, 0.5) is 0 Å². The Morgan fingerprint density at radius 2 is 2.21 bits per heavy atom. The molecule has 0 radical (unpaired) electrons. The van der Waals surface area contributed by atoms with Crippen molar-refractivity contribution in [2.45, 2.75) is 19.3 Å². The third kappa shape index (κ3) is 2.79. The number of carbonyl (C=O) groups is 2. The number of allylic oxidation sites excluding steroid dienone is 1. The Morgan fingerprint density at radius 1 is 1.47 bits per heavy atom. The van der Waals surface area contributed by atoms with Crippen molar-refractivity contribution in [1.82, 2.24) is 5.32 Å². The van der Waals surface area contributed by atoms with E-state index in [0.717, 1.165) is 5.56 Å². The van der Waals surface area contributed by atoms with Gasteiger partial charge in [-0.2, -0.15) is 0 Å². The summed E-state index contributed by atoms with van der Waals surface area (Å²) < 4.78 is 4.80. The maximum atomic E-state index is 11.9. The monoisotopic (exact) mass is 279 g/mol. The van der Waals surface area contributed by atoms with Crippen LogP contribution in [-0.4, -0.2) is 19.0 Å². The molecule has 4 nitrogen and oxygen atoms in total. The van der Waals surface area contributed by atoms with Crippen LogP contribution in [0.5, 0.6) is 0 Å². The highest BCUT2D eigenvalue weighted by Crippen LogP contribution is 2.34. The van der Waals surface area contributed by atoms with E-state index >= 15 is 0 Å². The van der Waals surface area contributed by atoms with Crippen LogP contribution in [0.3, 0.4) is 0 Å². The van der Waals surface area contributed by atoms with E-state index in [2.05, 4.69) is 5.32 Å². The van der Waals surface area contributed by atoms with Gasteiger partial charge in [0.05, 0.1) is 12.7 Å². The molecule has 19 heavy (non-hydrogen) atoms. The van der Waals surface area contributed by atoms with Gasteiger partial charge in [0.2, 0.25) is 5.91 Å². The largest absolute Gasteiger partial charge is 0.466 e. The summed E-state index contributed by atoms with van der Waals surface area (Å²) in [5.41, 5.74) is 1.85. The summed E-state index contributed by atoms with van der Waals surface area (Å²) in [5, 5.41) is 3.24. The van der Waals surface area contributed by atoms with E-state index in [-0.39, 0.29) is 18.2 Å². The van der Waals surface area contributed by atoms with Crippen LogP contribution in [-0.2, 0) is 14.3 Å². The molecule has 1 atom stereocenters. The first-order chi connectivity index (χ1) is 9.02. The van der Waals surface area contributed by atoms with Crippen LogP contribution in [0, 0.1) is 0 Å². The molecule has 1 aliphatic rings. The zero-order chi connectivity index (χ0) is 14.0. The Labute approximate surface area is 116 Å². The summed E-state index contributed by atoms with van der Waals surface area (Å²) >= 11 is 5.97. The molecule has 100 valence electrons. The molecule has 0 unspecified atom stereocenters. The normalized spacial score (nSPS) is 19.1. The number of carbonyl (C=O) groups excluding carboxylic acids is 2. The highest BCUT2D eigenvalue weighted by atomic mass is 35.5. The molecule has 1 aromatic carbocycles. The van der Waals surface area contributed by atoms with Gasteiger partial charge in [0, 0.05) is 23.1 Å². The van der Waals surface area contributed by atoms with Crippen molar-refractivity contribution in [2.24, 2.45) is 0 Å². The molecule has 0 aromatic heterocycles. The molecular formula is C14H14ClNO3. The second-order valence-corrected chi connectivity index (χ2v) is 4.83. The highest BCUT2D eigenvalue weighted by Gasteiger charge is 2.32. The highest BCUT2D eigenvalue weighted by molar-refractivity contribution is 6.30. The third-order valence-electron chi connectivity index (χ3n) is 3.13. The Kier molecular flexibility index (Phi) is 3.90. The van der Waals surface area contributed by atoms with Crippen molar-refractivity contribution in [1.29, 1.82) is 0 Å². The van der Waals surface area contributed by atoms with E-state index in [0.29, 0.717) is 16.3 Å². The molecular weight excluding hydrogens is 266 g/mol. The van der Waals surface area contributed by atoms with Gasteiger partial charge in [0.1, 0.15) is 0 Å². The standard InChI is InChI=1S/C14H14ClNO3/c1-8-13(14(18)19-2)11(7-12(17)16-8)9-4-3-5-10(15)6-9/h3-6,11H,7H2,1-2H3,(H,16,17)/t11-/m0/s1. The maximum absolute atomic E-state index is 11.9. The molecule has 1 aliphatic heterocycles. The number of hydrogen-bond donors (Lipinski definition) is 1. The Morgan fingerprint density at radius 3 is 2.84 bits per heavy atom. The van der Waals surface area contributed by atoms with Crippen molar-refractivity contribution in [2.75, 3.05) is 7.11 Å². The molecule has 0 saturated heterocycles. The van der Waals surface area contributed by atoms with E-state index in [1.807, 2.05) is 6.07 Å². The first-order valence-corrected chi connectivity index (χ1v) is 6.25. The maximum Gasteiger partial charge on any atom is 0.336 e. The predicted octanol–water partition coefficient (Wildman–Crippen LogP) is 2.39. The summed E-state index contributed by atoms with van der Waals surface area (Å²) in [4.78, 5) is 23.6. The molecule has 1 amide bonds. The van der Waals surface area contributed by atoms with Gasteiger partial charge in [-0.25, -0.2) is 4.79 Å². The number of benzene rings is 1. The van der Waals surface area contributed by atoms with E-state index < -0.39 is 5.97 Å². The lowest BCUT2D eigenvalue weighted by Gasteiger charge is -2.26. The van der Waals surface area contributed by atoms with Gasteiger partial charge >= 0.3 is 5.97 Å². The number of halogens is 1. The fraction of sp³-hybridized carbons (Fsp3) is 0.286. The van der Waals surface area contributed by atoms with Gasteiger partial charge in [-0.1, -0.05) is 23.7 Å². The van der Waals surface area contributed by atoms with Crippen LogP contribution in [0.15, 0.2) is 35.5 Å². The quantitative estimate of drug-likeness (QED) is 0.846. The van der Waals surface area contributed by atoms with Crippen molar-refractivity contribution in [3.63, 3.8) is 0 Å². The number of methoxy groups -OCH3 is 1. The van der Waals surface area contributed by atoms with E-state index in [4.69, 9.17) is 16.3 Å². The molecule has 0 bridgehead atoms. The minimum Gasteiger partial charge on any atom is -0.466 e. The van der Waals surface area contributed by atoms with Gasteiger partial charge in [-0.3, -0.25) is 4.79 Å². The van der Waals surface area contributed by atoms with Crippen LogP contribution >= 0.6 is 11.6 Å². The number of nitrogens with one attached hydrogen (secondary N) is 1. The summed E-state index contributed by atoms with van der Waals surface area (Å²) in [6, 6.07) is 7.17. The molecule has 0 spiro atoms. The average molecular weight is 280 g/mol. The average Bonchev–Trinajstić information content (AvgIpc) is 2.37. The summed E-state index contributed by atoms with van der Waals surface area (Å²) in [6.45, 7) is 1.70. The fourth-order valence-corrected chi connectivity index (χ4v) is 2.49. The summed E-state index contributed by atoms with van der Waals surface area (Å²) in [5.74, 6) is -0.863. The topological polar surface area (TPSA) is 55.4 Å². The Hall–Kier alpha value is -1.81. The molecule has 0 fully saturated rings. The first kappa shape index (κ1) is 13.6. The third-order valence-corrected chi connectivity index (χ3v) is 3.36. The lowest BCUT2D eigenvalue weighted by atomic mass is 9.84. The van der Waals surface area contributed by atoms with Crippen LogP contribution in [0.1, 0.15) is 24.8 Å². The molecule has 2 rings (SSSR count). The number of ether oxygens (including phenoxy) is 1. The van der Waals surface area contributed by atoms with Crippen molar-refractivity contribution in [3.8, 4) is 0 Å². The van der Waals surface area contributed by atoms with Crippen molar-refractivity contribution in [3.05, 3.63) is 46.1 Å². The number of rotatable bonds is 2. The van der Waals surface area contributed by atoms with E-state index in [9.17, 15) is 9.59 Å². The van der Waals surface area contributed by atoms with E-state index in [1.165, 1.54) is 7.11 Å². The Balaban J connectivity index is 2.49. The fourth-order valence-electron chi connectivity index (χ4n) is 2.29. The number of esters is 1. The lowest BCUT2D eigenvalue weighted by Crippen LogP contribution is -2.34. The summed E-state index contributed by atoms with van der Waals surface area (Å²) in [7, 11) is 1.33. The zero-order valence-electron chi connectivity index (χ0n) is 10.7. The van der Waals surface area contributed by atoms with E-state index in [1.54, 1.807) is 25.1 Å². The van der Waals surface area contributed by atoms with Crippen molar-refractivity contribution >= 4 is 23.5 Å². The molecule has 1 heterocycles. The lowest BCUT2D eigenvalue weighted by molar-refractivity contribution is -0.136. The molecule has 5 heteroatoms. The van der Waals surface area contributed by atoms with Crippen molar-refractivity contribution < 1.29 is 14.3 Å². The van der Waals surface area contributed by atoms with Gasteiger partial charge in [-0.05, 0) is 24.6 Å². The second kappa shape index (κ2) is 5.45. The van der Waals surface area contributed by atoms with Gasteiger partial charge < -0.3 is 10.1 Å². The molecule has 1 aromatic rings. The van der Waals surface area contributed by atoms with Gasteiger partial charge in [0.15, 0.2) is 0 Å². The molecule has 0 saturated carbocycles. The number of hydrogen-bond acceptors (Lipinski definition) is 3. The SMILES string of the molecule is COC(=O)C1=C(C)NC(=O)C[C@H]1c1cccc(Cl)c1. The smallest absolute Gasteiger partial charge is 0.336 e.